The van der Waals surface area contributed by atoms with E-state index < -0.39 is 0 Å². The average Bonchev–Trinajstić information content (AvgIpc) is 3.00. The molecular formula is C19H24N4O3S. The van der Waals surface area contributed by atoms with Gasteiger partial charge >= 0.3 is 0 Å². The summed E-state index contributed by atoms with van der Waals surface area (Å²) >= 11 is 1.43. The summed E-state index contributed by atoms with van der Waals surface area (Å²) in [6.07, 6.45) is 4.14. The van der Waals surface area contributed by atoms with Gasteiger partial charge in [0.25, 0.3) is 11.5 Å². The summed E-state index contributed by atoms with van der Waals surface area (Å²) in [5.74, 6) is -0.0365. The number of hydrogen-bond acceptors (Lipinski definition) is 6. The second-order valence-corrected chi connectivity index (χ2v) is 8.53. The van der Waals surface area contributed by atoms with Crippen molar-refractivity contribution in [1.82, 2.24) is 20.1 Å². The molecule has 0 saturated heterocycles. The molecule has 0 radical (unpaired) electrons. The fraction of sp³-hybridized carbons (Fsp3) is 0.579. The molecule has 1 N–H and O–H groups in total. The van der Waals surface area contributed by atoms with Crippen molar-refractivity contribution < 1.29 is 9.53 Å². The maximum Gasteiger partial charge on any atom is 0.267 e. The molecule has 144 valence electrons. The Morgan fingerprint density at radius 3 is 2.78 bits per heavy atom. The van der Waals surface area contributed by atoms with E-state index in [2.05, 4.69) is 15.4 Å². The monoisotopic (exact) mass is 388 g/mol. The third kappa shape index (κ3) is 3.82. The van der Waals surface area contributed by atoms with Crippen LogP contribution in [-0.4, -0.2) is 33.3 Å². The molecule has 2 aromatic rings. The normalized spacial score (nSPS) is 22.3. The van der Waals surface area contributed by atoms with Crippen LogP contribution in [0.25, 0.3) is 0 Å². The molecule has 8 heteroatoms. The fourth-order valence-corrected chi connectivity index (χ4v) is 4.77. The Morgan fingerprint density at radius 1 is 1.30 bits per heavy atom. The minimum atomic E-state index is -0.0532. The van der Waals surface area contributed by atoms with Gasteiger partial charge in [0.05, 0.1) is 35.7 Å². The van der Waals surface area contributed by atoms with E-state index in [1.165, 1.54) is 11.3 Å². The Balaban J connectivity index is 1.40. The Hall–Kier alpha value is -2.06. The summed E-state index contributed by atoms with van der Waals surface area (Å²) in [5.41, 5.74) is 2.63. The number of aryl methyl sites for hydroxylation is 2. The van der Waals surface area contributed by atoms with E-state index in [1.54, 1.807) is 10.7 Å². The predicted molar refractivity (Wildman–Crippen MR) is 102 cm³/mol. The van der Waals surface area contributed by atoms with Gasteiger partial charge < -0.3 is 10.1 Å². The maximum absolute atomic E-state index is 12.5. The molecule has 27 heavy (non-hydrogen) atoms. The van der Waals surface area contributed by atoms with Gasteiger partial charge in [0, 0.05) is 24.1 Å². The van der Waals surface area contributed by atoms with Crippen LogP contribution in [0.2, 0.25) is 0 Å². The lowest BCUT2D eigenvalue weighted by atomic mass is 9.91. The van der Waals surface area contributed by atoms with E-state index in [0.29, 0.717) is 18.1 Å². The number of hydrogen-bond donors (Lipinski definition) is 1. The van der Waals surface area contributed by atoms with Gasteiger partial charge in [0.15, 0.2) is 0 Å². The number of carbonyl (C=O) groups excluding carboxylic acids is 1. The number of thiazole rings is 1. The number of amides is 1. The first-order valence-electron chi connectivity index (χ1n) is 9.45. The van der Waals surface area contributed by atoms with Gasteiger partial charge in [0.1, 0.15) is 4.88 Å². The Morgan fingerprint density at radius 2 is 2.07 bits per heavy atom. The molecule has 3 heterocycles. The largest absolute Gasteiger partial charge is 0.376 e. The molecular weight excluding hydrogens is 364 g/mol. The number of fused-ring (bicyclic) bond motifs is 1. The number of ether oxygens (including phenoxy) is 1. The van der Waals surface area contributed by atoms with Crippen LogP contribution in [0.4, 0.5) is 0 Å². The van der Waals surface area contributed by atoms with Gasteiger partial charge in [-0.15, -0.1) is 11.3 Å². The number of nitrogens with one attached hydrogen (secondary N) is 1. The lowest BCUT2D eigenvalue weighted by Gasteiger charge is -2.30. The van der Waals surface area contributed by atoms with E-state index in [0.717, 1.165) is 54.1 Å². The molecule has 4 rings (SSSR count). The highest BCUT2D eigenvalue weighted by molar-refractivity contribution is 7.13. The van der Waals surface area contributed by atoms with Gasteiger partial charge in [-0.25, -0.2) is 9.67 Å². The molecule has 0 aromatic carbocycles. The highest BCUT2D eigenvalue weighted by Crippen LogP contribution is 2.28. The quantitative estimate of drug-likeness (QED) is 0.872. The minimum absolute atomic E-state index is 0.0365. The molecule has 1 amide bonds. The first-order chi connectivity index (χ1) is 13.0. The average molecular weight is 388 g/mol. The molecule has 0 atom stereocenters. The van der Waals surface area contributed by atoms with E-state index in [4.69, 9.17) is 4.74 Å². The molecule has 0 bridgehead atoms. The zero-order chi connectivity index (χ0) is 19.0. The SMILES string of the molecule is Cc1nc(C)c(C(=O)NC2CCC(n3nc4c(cc3=O)COCC4)CC2)s1. The summed E-state index contributed by atoms with van der Waals surface area (Å²) in [4.78, 5) is 30.0. The molecule has 0 spiro atoms. The third-order valence-electron chi connectivity index (χ3n) is 5.35. The third-order valence-corrected chi connectivity index (χ3v) is 6.42. The van der Waals surface area contributed by atoms with Crippen LogP contribution in [-0.2, 0) is 17.8 Å². The van der Waals surface area contributed by atoms with Gasteiger partial charge in [-0.1, -0.05) is 0 Å². The van der Waals surface area contributed by atoms with Crippen molar-refractivity contribution in [2.75, 3.05) is 6.61 Å². The van der Waals surface area contributed by atoms with Crippen LogP contribution in [0, 0.1) is 13.8 Å². The van der Waals surface area contributed by atoms with Crippen molar-refractivity contribution in [3.05, 3.63) is 43.3 Å². The Labute approximate surface area is 161 Å². The number of nitrogens with zero attached hydrogens (tertiary/aromatic N) is 3. The first kappa shape index (κ1) is 18.3. The minimum Gasteiger partial charge on any atom is -0.376 e. The predicted octanol–water partition coefficient (Wildman–Crippen LogP) is 2.30. The molecule has 1 aliphatic carbocycles. The van der Waals surface area contributed by atoms with E-state index in [1.807, 2.05) is 13.8 Å². The van der Waals surface area contributed by atoms with Crippen molar-refractivity contribution in [2.24, 2.45) is 0 Å². The van der Waals surface area contributed by atoms with Gasteiger partial charge in [-0.2, -0.15) is 5.10 Å². The highest BCUT2D eigenvalue weighted by Gasteiger charge is 2.27. The topological polar surface area (TPSA) is 86.1 Å². The second kappa shape index (κ2) is 7.52. The van der Waals surface area contributed by atoms with Crippen LogP contribution in [0.5, 0.6) is 0 Å². The van der Waals surface area contributed by atoms with Crippen LogP contribution in [0.1, 0.15) is 63.4 Å². The van der Waals surface area contributed by atoms with Gasteiger partial charge in [0.2, 0.25) is 0 Å². The number of carbonyl (C=O) groups is 1. The number of aromatic nitrogens is 3. The molecule has 2 aliphatic rings. The van der Waals surface area contributed by atoms with E-state index >= 15 is 0 Å². The second-order valence-electron chi connectivity index (χ2n) is 7.33. The zero-order valence-electron chi connectivity index (χ0n) is 15.7. The van der Waals surface area contributed by atoms with Crippen molar-refractivity contribution in [3.8, 4) is 0 Å². The standard InChI is InChI=1S/C19H24N4O3S/c1-11-18(27-12(2)20-11)19(25)21-14-3-5-15(6-4-14)23-17(24)9-13-10-26-8-7-16(13)22-23/h9,14-15H,3-8,10H2,1-2H3,(H,21,25). The molecule has 7 nitrogen and oxygen atoms in total. The summed E-state index contributed by atoms with van der Waals surface area (Å²) in [6.45, 7) is 4.92. The molecule has 0 unspecified atom stereocenters. The smallest absolute Gasteiger partial charge is 0.267 e. The van der Waals surface area contributed by atoms with Crippen molar-refractivity contribution >= 4 is 17.2 Å². The fourth-order valence-electron chi connectivity index (χ4n) is 3.95. The summed E-state index contributed by atoms with van der Waals surface area (Å²) in [6, 6.07) is 1.91. The lowest BCUT2D eigenvalue weighted by Crippen LogP contribution is -2.40. The molecule has 1 fully saturated rings. The summed E-state index contributed by atoms with van der Waals surface area (Å²) in [5, 5.41) is 8.65. The lowest BCUT2D eigenvalue weighted by molar-refractivity contribution is 0.0924. The Bertz CT molecular complexity index is 912. The molecule has 1 saturated carbocycles. The van der Waals surface area contributed by atoms with Crippen molar-refractivity contribution in [1.29, 1.82) is 0 Å². The van der Waals surface area contributed by atoms with E-state index in [9.17, 15) is 9.59 Å². The Kier molecular flexibility index (Phi) is 5.10. The van der Waals surface area contributed by atoms with Crippen LogP contribution in [0.15, 0.2) is 10.9 Å². The van der Waals surface area contributed by atoms with Crippen LogP contribution >= 0.6 is 11.3 Å². The van der Waals surface area contributed by atoms with Crippen molar-refractivity contribution in [3.63, 3.8) is 0 Å². The first-order valence-corrected chi connectivity index (χ1v) is 10.3. The highest BCUT2D eigenvalue weighted by atomic mass is 32.1. The molecule has 1 aliphatic heterocycles. The molecule has 2 aromatic heterocycles. The maximum atomic E-state index is 12.5. The van der Waals surface area contributed by atoms with Crippen LogP contribution < -0.4 is 10.9 Å². The zero-order valence-corrected chi connectivity index (χ0v) is 16.5. The number of rotatable bonds is 3. The summed E-state index contributed by atoms with van der Waals surface area (Å²) < 4.78 is 7.05. The van der Waals surface area contributed by atoms with Gasteiger partial charge in [-0.05, 0) is 39.5 Å². The summed E-state index contributed by atoms with van der Waals surface area (Å²) in [7, 11) is 0. The van der Waals surface area contributed by atoms with E-state index in [-0.39, 0.29) is 23.6 Å². The van der Waals surface area contributed by atoms with Crippen LogP contribution in [0.3, 0.4) is 0 Å². The van der Waals surface area contributed by atoms with Crippen molar-refractivity contribution in [2.45, 2.75) is 64.6 Å². The van der Waals surface area contributed by atoms with Gasteiger partial charge in [-0.3, -0.25) is 9.59 Å².